The van der Waals surface area contributed by atoms with Crippen molar-refractivity contribution < 1.29 is 9.90 Å². The Morgan fingerprint density at radius 3 is 2.50 bits per heavy atom. The summed E-state index contributed by atoms with van der Waals surface area (Å²) in [6, 6.07) is 0. The number of carbonyl (C=O) groups is 1. The van der Waals surface area contributed by atoms with Crippen LogP contribution in [0.2, 0.25) is 0 Å². The molecular weight excluding hydrogens is 202 g/mol. The highest BCUT2D eigenvalue weighted by atomic mass is 16.2. The van der Waals surface area contributed by atoms with Gasteiger partial charge >= 0.3 is 0 Å². The largest absolute Gasteiger partial charge is 0.396 e. The first-order valence-electron chi connectivity index (χ1n) is 6.70. The Bertz CT molecular complexity index is 188. The van der Waals surface area contributed by atoms with Crippen molar-refractivity contribution in [1.82, 2.24) is 5.32 Å². The van der Waals surface area contributed by atoms with E-state index in [1.165, 1.54) is 25.7 Å². The van der Waals surface area contributed by atoms with Crippen LogP contribution < -0.4 is 5.32 Å². The summed E-state index contributed by atoms with van der Waals surface area (Å²) in [5.41, 5.74) is 0. The van der Waals surface area contributed by atoms with Crippen molar-refractivity contribution in [1.29, 1.82) is 0 Å². The number of rotatable bonds is 8. The van der Waals surface area contributed by atoms with E-state index < -0.39 is 0 Å². The number of amides is 1. The fourth-order valence-electron chi connectivity index (χ4n) is 2.37. The van der Waals surface area contributed by atoms with Crippen molar-refractivity contribution in [3.8, 4) is 0 Å². The molecular formula is C13H25NO2. The molecule has 0 spiro atoms. The molecule has 0 aliphatic heterocycles. The summed E-state index contributed by atoms with van der Waals surface area (Å²) in [5.74, 6) is 0.878. The third-order valence-electron chi connectivity index (χ3n) is 3.36. The molecule has 0 unspecified atom stereocenters. The van der Waals surface area contributed by atoms with Crippen LogP contribution in [0.4, 0.5) is 0 Å². The van der Waals surface area contributed by atoms with Crippen LogP contribution in [0.5, 0.6) is 0 Å². The van der Waals surface area contributed by atoms with E-state index in [1.54, 1.807) is 0 Å². The maximum Gasteiger partial charge on any atom is 0.220 e. The Morgan fingerprint density at radius 2 is 1.81 bits per heavy atom. The second-order valence-electron chi connectivity index (χ2n) is 4.84. The highest BCUT2D eigenvalue weighted by Crippen LogP contribution is 2.27. The Morgan fingerprint density at radius 1 is 1.12 bits per heavy atom. The fraction of sp³-hybridized carbons (Fsp3) is 0.923. The SMILES string of the molecule is O=C(CC1CCCC1)NCCCCCCO. The molecule has 0 aromatic rings. The summed E-state index contributed by atoms with van der Waals surface area (Å²) in [5, 5.41) is 11.6. The number of aliphatic hydroxyl groups is 1. The number of nitrogens with one attached hydrogen (secondary N) is 1. The Labute approximate surface area is 98.6 Å². The number of hydrogen-bond donors (Lipinski definition) is 2. The summed E-state index contributed by atoms with van der Waals surface area (Å²) < 4.78 is 0. The predicted molar refractivity (Wildman–Crippen MR) is 65.1 cm³/mol. The van der Waals surface area contributed by atoms with Gasteiger partial charge in [-0.25, -0.2) is 0 Å². The zero-order valence-corrected chi connectivity index (χ0v) is 10.2. The highest BCUT2D eigenvalue weighted by molar-refractivity contribution is 5.76. The molecule has 0 aromatic heterocycles. The molecule has 16 heavy (non-hydrogen) atoms. The van der Waals surface area contributed by atoms with Crippen molar-refractivity contribution in [3.63, 3.8) is 0 Å². The number of unbranched alkanes of at least 4 members (excludes halogenated alkanes) is 3. The molecule has 1 amide bonds. The van der Waals surface area contributed by atoms with Gasteiger partial charge in [-0.05, 0) is 31.6 Å². The van der Waals surface area contributed by atoms with Crippen LogP contribution in [0.1, 0.15) is 57.8 Å². The van der Waals surface area contributed by atoms with Crippen molar-refractivity contribution in [2.75, 3.05) is 13.2 Å². The monoisotopic (exact) mass is 227 g/mol. The summed E-state index contributed by atoms with van der Waals surface area (Å²) in [6.45, 7) is 1.09. The molecule has 0 saturated heterocycles. The van der Waals surface area contributed by atoms with Crippen molar-refractivity contribution in [3.05, 3.63) is 0 Å². The van der Waals surface area contributed by atoms with Crippen molar-refractivity contribution in [2.45, 2.75) is 57.8 Å². The van der Waals surface area contributed by atoms with Gasteiger partial charge in [-0.3, -0.25) is 4.79 Å². The lowest BCUT2D eigenvalue weighted by Crippen LogP contribution is -2.25. The average Bonchev–Trinajstić information content (AvgIpc) is 2.76. The summed E-state index contributed by atoms with van der Waals surface area (Å²) in [4.78, 5) is 11.5. The standard InChI is InChI=1S/C13H25NO2/c15-10-6-2-1-5-9-14-13(16)11-12-7-3-4-8-12/h12,15H,1-11H2,(H,14,16). The molecule has 0 aromatic carbocycles. The second-order valence-corrected chi connectivity index (χ2v) is 4.84. The van der Waals surface area contributed by atoms with E-state index in [0.717, 1.165) is 38.6 Å². The van der Waals surface area contributed by atoms with Crippen LogP contribution in [0.25, 0.3) is 0 Å². The van der Waals surface area contributed by atoms with Crippen molar-refractivity contribution in [2.24, 2.45) is 5.92 Å². The molecule has 94 valence electrons. The molecule has 0 heterocycles. The van der Waals surface area contributed by atoms with Crippen LogP contribution in [0.3, 0.4) is 0 Å². The molecule has 1 aliphatic rings. The van der Waals surface area contributed by atoms with Crippen LogP contribution in [0.15, 0.2) is 0 Å². The Hall–Kier alpha value is -0.570. The fourth-order valence-corrected chi connectivity index (χ4v) is 2.37. The van der Waals surface area contributed by atoms with Gasteiger partial charge in [-0.15, -0.1) is 0 Å². The number of carbonyl (C=O) groups excluding carboxylic acids is 1. The van der Waals surface area contributed by atoms with Crippen LogP contribution in [-0.4, -0.2) is 24.2 Å². The van der Waals surface area contributed by atoms with E-state index in [0.29, 0.717) is 5.92 Å². The summed E-state index contributed by atoms with van der Waals surface area (Å²) >= 11 is 0. The van der Waals surface area contributed by atoms with Gasteiger partial charge in [-0.2, -0.15) is 0 Å². The molecule has 1 rings (SSSR count). The molecule has 0 radical (unpaired) electrons. The zero-order chi connectivity index (χ0) is 11.6. The van der Waals surface area contributed by atoms with E-state index in [2.05, 4.69) is 5.32 Å². The first-order chi connectivity index (χ1) is 7.83. The molecule has 0 bridgehead atoms. The van der Waals surface area contributed by atoms with Crippen molar-refractivity contribution >= 4 is 5.91 Å². The van der Waals surface area contributed by atoms with Gasteiger partial charge in [0.2, 0.25) is 5.91 Å². The zero-order valence-electron chi connectivity index (χ0n) is 10.2. The van der Waals surface area contributed by atoms with Crippen LogP contribution >= 0.6 is 0 Å². The maximum atomic E-state index is 11.5. The first-order valence-corrected chi connectivity index (χ1v) is 6.70. The lowest BCUT2D eigenvalue weighted by Gasteiger charge is -2.09. The third kappa shape index (κ3) is 6.11. The Balaban J connectivity index is 1.89. The molecule has 3 heteroatoms. The summed E-state index contributed by atoms with van der Waals surface area (Å²) in [6.07, 6.45) is 9.91. The van der Waals surface area contributed by atoms with Gasteiger partial charge in [0.1, 0.15) is 0 Å². The van der Waals surface area contributed by atoms with Gasteiger partial charge in [0.15, 0.2) is 0 Å². The minimum Gasteiger partial charge on any atom is -0.396 e. The van der Waals surface area contributed by atoms with Gasteiger partial charge in [0, 0.05) is 19.6 Å². The van der Waals surface area contributed by atoms with Gasteiger partial charge in [0.05, 0.1) is 0 Å². The topological polar surface area (TPSA) is 49.3 Å². The minimum absolute atomic E-state index is 0.231. The summed E-state index contributed by atoms with van der Waals surface area (Å²) in [7, 11) is 0. The minimum atomic E-state index is 0.231. The van der Waals surface area contributed by atoms with Crippen LogP contribution in [-0.2, 0) is 4.79 Å². The van der Waals surface area contributed by atoms with Gasteiger partial charge in [0.25, 0.3) is 0 Å². The Kier molecular flexibility index (Phi) is 7.23. The molecule has 1 aliphatic carbocycles. The van der Waals surface area contributed by atoms with Gasteiger partial charge < -0.3 is 10.4 Å². The second kappa shape index (κ2) is 8.57. The number of hydrogen-bond acceptors (Lipinski definition) is 2. The number of aliphatic hydroxyl groups excluding tert-OH is 1. The molecule has 2 N–H and O–H groups in total. The lowest BCUT2D eigenvalue weighted by molar-refractivity contribution is -0.121. The van der Waals surface area contributed by atoms with Gasteiger partial charge in [-0.1, -0.05) is 25.7 Å². The normalized spacial score (nSPS) is 16.6. The van der Waals surface area contributed by atoms with Crippen LogP contribution in [0, 0.1) is 5.92 Å². The van der Waals surface area contributed by atoms with E-state index in [9.17, 15) is 4.79 Å². The smallest absolute Gasteiger partial charge is 0.220 e. The van der Waals surface area contributed by atoms with E-state index in [1.807, 2.05) is 0 Å². The first kappa shape index (κ1) is 13.5. The van der Waals surface area contributed by atoms with E-state index in [4.69, 9.17) is 5.11 Å². The predicted octanol–water partition coefficient (Wildman–Crippen LogP) is 2.24. The highest BCUT2D eigenvalue weighted by Gasteiger charge is 2.17. The maximum absolute atomic E-state index is 11.5. The van der Waals surface area contributed by atoms with E-state index in [-0.39, 0.29) is 12.5 Å². The molecule has 3 nitrogen and oxygen atoms in total. The quantitative estimate of drug-likeness (QED) is 0.625. The third-order valence-corrected chi connectivity index (χ3v) is 3.36. The molecule has 0 atom stereocenters. The average molecular weight is 227 g/mol. The van der Waals surface area contributed by atoms with E-state index >= 15 is 0 Å². The molecule has 1 fully saturated rings. The molecule has 1 saturated carbocycles. The lowest BCUT2D eigenvalue weighted by atomic mass is 10.0.